The number of aliphatic carboxylic acids is 1. The molecule has 1 atom stereocenters. The largest absolute Gasteiger partial charge is 0.492 e. The first-order chi connectivity index (χ1) is 12.6. The predicted molar refractivity (Wildman–Crippen MR) is 96.4 cm³/mol. The second kappa shape index (κ2) is 7.07. The highest BCUT2D eigenvalue weighted by Gasteiger charge is 2.27. The first-order valence-corrected chi connectivity index (χ1v) is 9.09. The van der Waals surface area contributed by atoms with Crippen LogP contribution >= 0.6 is 15.9 Å². The van der Waals surface area contributed by atoms with Crippen molar-refractivity contribution in [2.24, 2.45) is 0 Å². The summed E-state index contributed by atoms with van der Waals surface area (Å²) in [5.74, 6) is 1.81. The minimum absolute atomic E-state index is 0.0631. The molecule has 136 valence electrons. The molecule has 0 aromatic heterocycles. The van der Waals surface area contributed by atoms with Crippen molar-refractivity contribution in [1.82, 2.24) is 0 Å². The number of rotatable bonds is 5. The van der Waals surface area contributed by atoms with Crippen LogP contribution < -0.4 is 18.9 Å². The molecule has 0 bridgehead atoms. The molecule has 2 aliphatic heterocycles. The summed E-state index contributed by atoms with van der Waals surface area (Å²) in [5, 5.41) is 8.98. The summed E-state index contributed by atoms with van der Waals surface area (Å²) in [6, 6.07) is 9.30. The fourth-order valence-corrected chi connectivity index (χ4v) is 3.59. The SMILES string of the molecule is O=C(O)CC1COc2cc(OCc3c(Br)ccc4c3OCCO4)ccc21. The van der Waals surface area contributed by atoms with Crippen LogP contribution in [0, 0.1) is 0 Å². The van der Waals surface area contributed by atoms with Crippen molar-refractivity contribution in [2.75, 3.05) is 19.8 Å². The van der Waals surface area contributed by atoms with Crippen molar-refractivity contribution in [2.45, 2.75) is 18.9 Å². The number of ether oxygens (including phenoxy) is 4. The average molecular weight is 421 g/mol. The van der Waals surface area contributed by atoms with Crippen LogP contribution in [0.2, 0.25) is 0 Å². The maximum atomic E-state index is 10.9. The highest BCUT2D eigenvalue weighted by molar-refractivity contribution is 9.10. The molecule has 0 saturated carbocycles. The maximum Gasteiger partial charge on any atom is 0.304 e. The molecule has 2 aromatic carbocycles. The second-order valence-electron chi connectivity index (χ2n) is 6.14. The minimum atomic E-state index is -0.826. The molecular weight excluding hydrogens is 404 g/mol. The molecular formula is C19H17BrO6. The van der Waals surface area contributed by atoms with Gasteiger partial charge in [0.25, 0.3) is 0 Å². The standard InChI is InChI=1S/C19H17BrO6/c20-15-3-4-16-19(24-6-5-23-16)14(15)10-25-12-1-2-13-11(7-18(21)22)9-26-17(13)8-12/h1-4,8,11H,5-7,9-10H2,(H,21,22). The molecule has 1 unspecified atom stereocenters. The van der Waals surface area contributed by atoms with E-state index >= 15 is 0 Å². The third kappa shape index (κ3) is 3.31. The smallest absolute Gasteiger partial charge is 0.304 e. The molecule has 6 nitrogen and oxygen atoms in total. The number of halogens is 1. The quantitative estimate of drug-likeness (QED) is 0.793. The molecule has 2 heterocycles. The molecule has 26 heavy (non-hydrogen) atoms. The van der Waals surface area contributed by atoms with E-state index in [1.807, 2.05) is 24.3 Å². The summed E-state index contributed by atoms with van der Waals surface area (Å²) in [7, 11) is 0. The molecule has 0 amide bonds. The predicted octanol–water partition coefficient (Wildman–Crippen LogP) is 3.75. The Bertz CT molecular complexity index is 850. The van der Waals surface area contributed by atoms with Crippen LogP contribution in [-0.2, 0) is 11.4 Å². The first-order valence-electron chi connectivity index (χ1n) is 8.30. The summed E-state index contributed by atoms with van der Waals surface area (Å²) in [5.41, 5.74) is 1.79. The van der Waals surface area contributed by atoms with E-state index in [0.717, 1.165) is 15.6 Å². The van der Waals surface area contributed by atoms with Crippen LogP contribution in [0.4, 0.5) is 0 Å². The summed E-state index contributed by atoms with van der Waals surface area (Å²) in [4.78, 5) is 10.9. The third-order valence-corrected chi connectivity index (χ3v) is 5.17. The Kier molecular flexibility index (Phi) is 4.63. The van der Waals surface area contributed by atoms with Gasteiger partial charge in [0.1, 0.15) is 31.3 Å². The zero-order chi connectivity index (χ0) is 18.1. The topological polar surface area (TPSA) is 74.2 Å². The van der Waals surface area contributed by atoms with E-state index in [-0.39, 0.29) is 12.3 Å². The van der Waals surface area contributed by atoms with Gasteiger partial charge >= 0.3 is 5.97 Å². The monoisotopic (exact) mass is 420 g/mol. The van der Waals surface area contributed by atoms with Gasteiger partial charge in [0, 0.05) is 27.6 Å². The number of hydrogen-bond donors (Lipinski definition) is 1. The van der Waals surface area contributed by atoms with Gasteiger partial charge in [0.15, 0.2) is 11.5 Å². The lowest BCUT2D eigenvalue weighted by Gasteiger charge is -2.22. The Morgan fingerprint density at radius 3 is 2.85 bits per heavy atom. The average Bonchev–Trinajstić information content (AvgIpc) is 3.02. The van der Waals surface area contributed by atoms with Crippen LogP contribution in [0.15, 0.2) is 34.8 Å². The number of fused-ring (bicyclic) bond motifs is 2. The van der Waals surface area contributed by atoms with Crippen LogP contribution in [-0.4, -0.2) is 30.9 Å². The van der Waals surface area contributed by atoms with Crippen molar-refractivity contribution in [3.8, 4) is 23.0 Å². The van der Waals surface area contributed by atoms with Gasteiger partial charge < -0.3 is 24.1 Å². The van der Waals surface area contributed by atoms with Gasteiger partial charge in [-0.15, -0.1) is 0 Å². The van der Waals surface area contributed by atoms with Crippen LogP contribution in [0.5, 0.6) is 23.0 Å². The molecule has 0 fully saturated rings. The van der Waals surface area contributed by atoms with Crippen molar-refractivity contribution in [3.05, 3.63) is 45.9 Å². The molecule has 4 rings (SSSR count). The van der Waals surface area contributed by atoms with Crippen molar-refractivity contribution in [3.63, 3.8) is 0 Å². The zero-order valence-corrected chi connectivity index (χ0v) is 15.5. The van der Waals surface area contributed by atoms with Crippen LogP contribution in [0.1, 0.15) is 23.5 Å². The van der Waals surface area contributed by atoms with E-state index in [0.29, 0.717) is 49.4 Å². The molecule has 0 spiro atoms. The van der Waals surface area contributed by atoms with Gasteiger partial charge in [0.2, 0.25) is 0 Å². The van der Waals surface area contributed by atoms with E-state index in [1.165, 1.54) is 0 Å². The minimum Gasteiger partial charge on any atom is -0.492 e. The highest BCUT2D eigenvalue weighted by Crippen LogP contribution is 2.40. The lowest BCUT2D eigenvalue weighted by Crippen LogP contribution is -2.17. The van der Waals surface area contributed by atoms with E-state index in [2.05, 4.69) is 15.9 Å². The number of benzene rings is 2. The Labute approximate surface area is 158 Å². The second-order valence-corrected chi connectivity index (χ2v) is 7.00. The van der Waals surface area contributed by atoms with Gasteiger partial charge in [-0.25, -0.2) is 0 Å². The normalized spacial score (nSPS) is 17.3. The lowest BCUT2D eigenvalue weighted by molar-refractivity contribution is -0.137. The Hall–Kier alpha value is -2.41. The van der Waals surface area contributed by atoms with Crippen LogP contribution in [0.3, 0.4) is 0 Å². The lowest BCUT2D eigenvalue weighted by atomic mass is 9.98. The summed E-state index contributed by atoms with van der Waals surface area (Å²) < 4.78 is 23.8. The van der Waals surface area contributed by atoms with Gasteiger partial charge in [-0.2, -0.15) is 0 Å². The molecule has 0 saturated heterocycles. The van der Waals surface area contributed by atoms with Gasteiger partial charge in [0.05, 0.1) is 13.0 Å². The van der Waals surface area contributed by atoms with E-state index in [1.54, 1.807) is 6.07 Å². The summed E-state index contributed by atoms with van der Waals surface area (Å²) in [6.45, 7) is 1.74. The molecule has 7 heteroatoms. The number of carboxylic acids is 1. The number of carbonyl (C=O) groups is 1. The van der Waals surface area contributed by atoms with E-state index in [4.69, 9.17) is 24.1 Å². The van der Waals surface area contributed by atoms with Gasteiger partial charge in [-0.05, 0) is 18.2 Å². The number of hydrogen-bond acceptors (Lipinski definition) is 5. The highest BCUT2D eigenvalue weighted by atomic mass is 79.9. The van der Waals surface area contributed by atoms with Crippen molar-refractivity contribution in [1.29, 1.82) is 0 Å². The van der Waals surface area contributed by atoms with E-state index < -0.39 is 5.97 Å². The number of carboxylic acid groups (broad SMARTS) is 1. The summed E-state index contributed by atoms with van der Waals surface area (Å²) in [6.07, 6.45) is 0.0631. The van der Waals surface area contributed by atoms with E-state index in [9.17, 15) is 4.79 Å². The fourth-order valence-electron chi connectivity index (χ4n) is 3.17. The van der Waals surface area contributed by atoms with Crippen LogP contribution in [0.25, 0.3) is 0 Å². The molecule has 0 aliphatic carbocycles. The molecule has 1 N–H and O–H groups in total. The Morgan fingerprint density at radius 1 is 1.15 bits per heavy atom. The van der Waals surface area contributed by atoms with Crippen molar-refractivity contribution < 1.29 is 28.8 Å². The molecule has 2 aromatic rings. The first kappa shape index (κ1) is 17.0. The molecule has 0 radical (unpaired) electrons. The van der Waals surface area contributed by atoms with Crippen molar-refractivity contribution >= 4 is 21.9 Å². The van der Waals surface area contributed by atoms with Gasteiger partial charge in [-0.3, -0.25) is 4.79 Å². The summed E-state index contributed by atoms with van der Waals surface area (Å²) >= 11 is 3.53. The Morgan fingerprint density at radius 2 is 2.00 bits per heavy atom. The van der Waals surface area contributed by atoms with Gasteiger partial charge in [-0.1, -0.05) is 22.0 Å². The Balaban J connectivity index is 1.51. The maximum absolute atomic E-state index is 10.9. The third-order valence-electron chi connectivity index (χ3n) is 4.42. The zero-order valence-electron chi connectivity index (χ0n) is 13.9. The fraction of sp³-hybridized carbons (Fsp3) is 0.316. The molecule has 2 aliphatic rings.